The van der Waals surface area contributed by atoms with E-state index >= 15 is 0 Å². The van der Waals surface area contributed by atoms with E-state index < -0.39 is 28.9 Å². The number of ether oxygens (including phenoxy) is 2. The predicted molar refractivity (Wildman–Crippen MR) is 120 cm³/mol. The highest BCUT2D eigenvalue weighted by Crippen LogP contribution is 2.40. The number of nitrogens with zero attached hydrogens (tertiary/aromatic N) is 3. The smallest absolute Gasteiger partial charge is 0.420 e. The Morgan fingerprint density at radius 2 is 1.75 bits per heavy atom. The average Bonchev–Trinajstić information content (AvgIpc) is 3.64. The van der Waals surface area contributed by atoms with Crippen LogP contribution in [0.5, 0.6) is 17.2 Å². The highest BCUT2D eigenvalue weighted by Gasteiger charge is 2.51. The first-order chi connectivity index (χ1) is 17.1. The molecule has 36 heavy (non-hydrogen) atoms. The number of halogens is 3. The molecule has 1 fully saturated rings. The van der Waals surface area contributed by atoms with Crippen LogP contribution < -0.4 is 25.8 Å². The van der Waals surface area contributed by atoms with E-state index in [1.54, 1.807) is 0 Å². The largest absolute Gasteiger partial charge is 0.497 e. The van der Waals surface area contributed by atoms with Gasteiger partial charge in [0, 0.05) is 12.4 Å². The van der Waals surface area contributed by atoms with Crippen molar-refractivity contribution < 1.29 is 32.2 Å². The fraction of sp³-hybridized carbons (Fsp3) is 0.261. The standard InChI is InChI=1S/C23H21F3N6O4/c1-35-15-4-5-18(17(8-15)23(24,25)26)36-16-3-2-14(28-12-16)11-29-20(34)22(6-7-22)32-19(33)13-9-30-21(27)31-10-13/h2-5,8-10,12H,6-7,11H2,1H3,(H,29,34)(H,32,33)(H2,27,30,31). The second-order valence-electron chi connectivity index (χ2n) is 8.00. The van der Waals surface area contributed by atoms with E-state index in [2.05, 4.69) is 25.6 Å². The lowest BCUT2D eigenvalue weighted by Crippen LogP contribution is -2.48. The Balaban J connectivity index is 1.35. The molecule has 13 heteroatoms. The highest BCUT2D eigenvalue weighted by molar-refractivity contribution is 6.00. The van der Waals surface area contributed by atoms with E-state index in [1.165, 1.54) is 43.9 Å². The average molecular weight is 502 g/mol. The number of amides is 2. The summed E-state index contributed by atoms with van der Waals surface area (Å²) in [7, 11) is 1.27. The van der Waals surface area contributed by atoms with E-state index in [9.17, 15) is 22.8 Å². The molecule has 10 nitrogen and oxygen atoms in total. The number of hydrogen-bond acceptors (Lipinski definition) is 8. The number of rotatable bonds is 8. The zero-order valence-corrected chi connectivity index (χ0v) is 18.9. The second kappa shape index (κ2) is 9.68. The summed E-state index contributed by atoms with van der Waals surface area (Å²) < 4.78 is 50.4. The summed E-state index contributed by atoms with van der Waals surface area (Å²) in [6, 6.07) is 6.31. The first-order valence-corrected chi connectivity index (χ1v) is 10.7. The number of hydrogen-bond donors (Lipinski definition) is 3. The Morgan fingerprint density at radius 3 is 2.33 bits per heavy atom. The van der Waals surface area contributed by atoms with Gasteiger partial charge in [0.05, 0.1) is 31.1 Å². The van der Waals surface area contributed by atoms with Gasteiger partial charge in [-0.1, -0.05) is 0 Å². The van der Waals surface area contributed by atoms with Crippen LogP contribution in [0.3, 0.4) is 0 Å². The third-order valence-corrected chi connectivity index (χ3v) is 5.42. The van der Waals surface area contributed by atoms with Crippen molar-refractivity contribution in [3.63, 3.8) is 0 Å². The van der Waals surface area contributed by atoms with E-state index in [4.69, 9.17) is 15.2 Å². The monoisotopic (exact) mass is 502 g/mol. The van der Waals surface area contributed by atoms with Gasteiger partial charge in [0.25, 0.3) is 5.91 Å². The van der Waals surface area contributed by atoms with Crippen LogP contribution in [0.2, 0.25) is 0 Å². The number of pyridine rings is 1. The molecular formula is C23H21F3N6O4. The molecule has 2 amide bonds. The summed E-state index contributed by atoms with van der Waals surface area (Å²) in [5, 5.41) is 5.40. The third kappa shape index (κ3) is 5.62. The third-order valence-electron chi connectivity index (χ3n) is 5.42. The van der Waals surface area contributed by atoms with Crippen LogP contribution in [0.1, 0.15) is 34.5 Å². The predicted octanol–water partition coefficient (Wildman–Crippen LogP) is 2.85. The van der Waals surface area contributed by atoms with Crippen molar-refractivity contribution in [1.29, 1.82) is 0 Å². The van der Waals surface area contributed by atoms with Gasteiger partial charge in [-0.3, -0.25) is 14.6 Å². The Kier molecular flexibility index (Phi) is 6.64. The van der Waals surface area contributed by atoms with Crippen molar-refractivity contribution >= 4 is 17.8 Å². The van der Waals surface area contributed by atoms with Gasteiger partial charge in [0.2, 0.25) is 11.9 Å². The lowest BCUT2D eigenvalue weighted by molar-refractivity contribution is -0.138. The number of nitrogens with one attached hydrogen (secondary N) is 2. The quantitative estimate of drug-likeness (QED) is 0.427. The van der Waals surface area contributed by atoms with E-state index in [1.807, 2.05) is 0 Å². The van der Waals surface area contributed by atoms with Crippen LogP contribution in [0.25, 0.3) is 0 Å². The molecule has 188 valence electrons. The maximum atomic E-state index is 13.4. The van der Waals surface area contributed by atoms with Crippen LogP contribution in [0, 0.1) is 0 Å². The molecule has 3 aromatic rings. The normalized spacial score (nSPS) is 14.0. The Labute approximate surface area is 203 Å². The number of carbonyl (C=O) groups excluding carboxylic acids is 2. The molecule has 1 aromatic carbocycles. The molecule has 0 spiro atoms. The molecule has 4 rings (SSSR count). The van der Waals surface area contributed by atoms with Gasteiger partial charge >= 0.3 is 6.18 Å². The van der Waals surface area contributed by atoms with Crippen LogP contribution in [0.4, 0.5) is 19.1 Å². The molecule has 4 N–H and O–H groups in total. The fourth-order valence-corrected chi connectivity index (χ4v) is 3.27. The summed E-state index contributed by atoms with van der Waals surface area (Å²) in [6.07, 6.45) is 0.0673. The SMILES string of the molecule is COc1ccc(Oc2ccc(CNC(=O)C3(NC(=O)c4cnc(N)nc4)CC3)nc2)c(C(F)(F)F)c1. The van der Waals surface area contributed by atoms with Crippen molar-refractivity contribution in [2.75, 3.05) is 12.8 Å². The highest BCUT2D eigenvalue weighted by atomic mass is 19.4. The van der Waals surface area contributed by atoms with Crippen LogP contribution >= 0.6 is 0 Å². The molecule has 0 unspecified atom stereocenters. The van der Waals surface area contributed by atoms with E-state index in [0.717, 1.165) is 12.1 Å². The molecule has 0 atom stereocenters. The fourth-order valence-electron chi connectivity index (χ4n) is 3.27. The van der Waals surface area contributed by atoms with Gasteiger partial charge in [-0.2, -0.15) is 13.2 Å². The summed E-state index contributed by atoms with van der Waals surface area (Å²) in [6.45, 7) is 0.0397. The molecule has 2 heterocycles. The molecule has 2 aromatic heterocycles. The van der Waals surface area contributed by atoms with Crippen molar-refractivity contribution in [2.24, 2.45) is 0 Å². The second-order valence-corrected chi connectivity index (χ2v) is 8.00. The Morgan fingerprint density at radius 1 is 1.06 bits per heavy atom. The lowest BCUT2D eigenvalue weighted by atomic mass is 10.2. The van der Waals surface area contributed by atoms with Crippen LogP contribution in [0.15, 0.2) is 48.9 Å². The van der Waals surface area contributed by atoms with Gasteiger partial charge in [0.15, 0.2) is 0 Å². The number of carbonyl (C=O) groups is 2. The summed E-state index contributed by atoms with van der Waals surface area (Å²) in [5.74, 6) is -1.13. The van der Waals surface area contributed by atoms with Gasteiger partial charge in [-0.25, -0.2) is 9.97 Å². The number of aromatic nitrogens is 3. The summed E-state index contributed by atoms with van der Waals surface area (Å²) >= 11 is 0. The Hall–Kier alpha value is -4.42. The zero-order valence-electron chi connectivity index (χ0n) is 18.9. The molecule has 0 radical (unpaired) electrons. The maximum Gasteiger partial charge on any atom is 0.420 e. The molecule has 0 saturated heterocycles. The van der Waals surface area contributed by atoms with Gasteiger partial charge in [-0.15, -0.1) is 0 Å². The van der Waals surface area contributed by atoms with Gasteiger partial charge in [-0.05, 0) is 43.2 Å². The van der Waals surface area contributed by atoms with Crippen molar-refractivity contribution in [1.82, 2.24) is 25.6 Å². The molecule has 1 saturated carbocycles. The minimum Gasteiger partial charge on any atom is -0.497 e. The first kappa shape index (κ1) is 24.7. The van der Waals surface area contributed by atoms with Crippen molar-refractivity contribution in [3.8, 4) is 17.2 Å². The van der Waals surface area contributed by atoms with E-state index in [-0.39, 0.29) is 35.5 Å². The van der Waals surface area contributed by atoms with E-state index in [0.29, 0.717) is 18.5 Å². The van der Waals surface area contributed by atoms with Crippen LogP contribution in [-0.2, 0) is 17.5 Å². The topological polar surface area (TPSA) is 141 Å². The first-order valence-electron chi connectivity index (χ1n) is 10.7. The summed E-state index contributed by atoms with van der Waals surface area (Å²) in [4.78, 5) is 36.7. The minimum absolute atomic E-state index is 0.0270. The number of nitrogen functional groups attached to an aromatic ring is 1. The molecule has 1 aliphatic rings. The van der Waals surface area contributed by atoms with Gasteiger partial charge in [0.1, 0.15) is 28.4 Å². The number of methoxy groups -OCH3 is 1. The molecular weight excluding hydrogens is 481 g/mol. The number of nitrogens with two attached hydrogens (primary N) is 1. The van der Waals surface area contributed by atoms with Crippen molar-refractivity contribution in [2.45, 2.75) is 31.1 Å². The molecule has 1 aliphatic carbocycles. The zero-order chi connectivity index (χ0) is 25.9. The lowest BCUT2D eigenvalue weighted by Gasteiger charge is -2.17. The minimum atomic E-state index is -4.64. The summed E-state index contributed by atoms with van der Waals surface area (Å²) in [5.41, 5.74) is 4.00. The Bertz CT molecular complexity index is 1260. The molecule has 0 bridgehead atoms. The number of anilines is 1. The maximum absolute atomic E-state index is 13.4. The molecule has 0 aliphatic heterocycles. The number of alkyl halides is 3. The van der Waals surface area contributed by atoms with Gasteiger partial charge < -0.3 is 25.8 Å². The number of benzene rings is 1. The van der Waals surface area contributed by atoms with Crippen molar-refractivity contribution in [3.05, 3.63) is 65.7 Å². The van der Waals surface area contributed by atoms with Crippen LogP contribution in [-0.4, -0.2) is 39.4 Å².